The number of rotatable bonds is 5. The molecule has 2 rings (SSSR count). The zero-order chi connectivity index (χ0) is 15.4. The Kier molecular flexibility index (Phi) is 4.70. The van der Waals surface area contributed by atoms with Gasteiger partial charge in [0.2, 0.25) is 0 Å². The van der Waals surface area contributed by atoms with Crippen LogP contribution in [0.25, 0.3) is 0 Å². The molecule has 0 spiro atoms. The minimum atomic E-state index is -0.508. The van der Waals surface area contributed by atoms with Crippen LogP contribution in [-0.4, -0.2) is 22.9 Å². The molecule has 0 bridgehead atoms. The summed E-state index contributed by atoms with van der Waals surface area (Å²) in [6.45, 7) is 3.79. The molecule has 1 N–H and O–H groups in total. The maximum Gasteiger partial charge on any atom is 0.167 e. The summed E-state index contributed by atoms with van der Waals surface area (Å²) in [6.07, 6.45) is 0.551. The highest BCUT2D eigenvalue weighted by Crippen LogP contribution is 2.26. The number of nitrogens with zero attached hydrogens (tertiary/aromatic N) is 2. The van der Waals surface area contributed by atoms with E-state index in [0.717, 1.165) is 0 Å². The standard InChI is InChI=1S/C14H13ClFN3O2/c1-3-21-12-5-4-9(6-11(12)16)19-14-10(7-20)13(15)17-8(2)18-14/h4-7H,3H2,1-2H3,(H,17,18,19). The van der Waals surface area contributed by atoms with Crippen LogP contribution >= 0.6 is 11.6 Å². The number of benzene rings is 1. The van der Waals surface area contributed by atoms with Crippen molar-refractivity contribution in [3.05, 3.63) is 40.6 Å². The molecule has 0 amide bonds. The van der Waals surface area contributed by atoms with Gasteiger partial charge in [-0.15, -0.1) is 0 Å². The number of carbonyl (C=O) groups excluding carboxylic acids is 1. The van der Waals surface area contributed by atoms with E-state index in [-0.39, 0.29) is 22.3 Å². The third kappa shape index (κ3) is 3.46. The normalized spacial score (nSPS) is 10.3. The predicted molar refractivity (Wildman–Crippen MR) is 78.0 cm³/mol. The van der Waals surface area contributed by atoms with Crippen LogP contribution in [0.3, 0.4) is 0 Å². The maximum atomic E-state index is 13.8. The van der Waals surface area contributed by atoms with Gasteiger partial charge in [-0.05, 0) is 26.0 Å². The quantitative estimate of drug-likeness (QED) is 0.676. The second-order valence-electron chi connectivity index (χ2n) is 4.14. The van der Waals surface area contributed by atoms with Gasteiger partial charge in [-0.3, -0.25) is 4.79 Å². The summed E-state index contributed by atoms with van der Waals surface area (Å²) in [6, 6.07) is 4.37. The lowest BCUT2D eigenvalue weighted by atomic mass is 10.2. The van der Waals surface area contributed by atoms with Crippen LogP contribution in [0, 0.1) is 12.7 Å². The summed E-state index contributed by atoms with van der Waals surface area (Å²) in [7, 11) is 0. The fraction of sp³-hybridized carbons (Fsp3) is 0.214. The van der Waals surface area contributed by atoms with Crippen molar-refractivity contribution < 1.29 is 13.9 Å². The molecule has 5 nitrogen and oxygen atoms in total. The van der Waals surface area contributed by atoms with E-state index in [1.807, 2.05) is 0 Å². The van der Waals surface area contributed by atoms with Crippen molar-refractivity contribution in [2.45, 2.75) is 13.8 Å². The van der Waals surface area contributed by atoms with Gasteiger partial charge in [-0.2, -0.15) is 0 Å². The third-order valence-electron chi connectivity index (χ3n) is 2.62. The van der Waals surface area contributed by atoms with Gasteiger partial charge in [0.25, 0.3) is 0 Å². The number of halogens is 2. The number of ether oxygens (including phenoxy) is 1. The first-order valence-electron chi connectivity index (χ1n) is 6.23. The van der Waals surface area contributed by atoms with E-state index in [9.17, 15) is 9.18 Å². The van der Waals surface area contributed by atoms with Crippen molar-refractivity contribution in [3.63, 3.8) is 0 Å². The molecule has 0 aliphatic rings. The lowest BCUT2D eigenvalue weighted by Crippen LogP contribution is -2.04. The highest BCUT2D eigenvalue weighted by Gasteiger charge is 2.12. The molecule has 0 saturated heterocycles. The number of aldehydes is 1. The monoisotopic (exact) mass is 309 g/mol. The zero-order valence-electron chi connectivity index (χ0n) is 11.5. The Morgan fingerprint density at radius 2 is 2.19 bits per heavy atom. The van der Waals surface area contributed by atoms with Gasteiger partial charge < -0.3 is 10.1 Å². The van der Waals surface area contributed by atoms with Gasteiger partial charge in [0.1, 0.15) is 16.8 Å². The molecular formula is C14H13ClFN3O2. The minimum absolute atomic E-state index is 0.0476. The molecule has 21 heavy (non-hydrogen) atoms. The zero-order valence-corrected chi connectivity index (χ0v) is 12.2. The first-order chi connectivity index (χ1) is 10.0. The molecule has 0 fully saturated rings. The number of anilines is 2. The minimum Gasteiger partial charge on any atom is -0.491 e. The number of carbonyl (C=O) groups is 1. The molecule has 0 aliphatic carbocycles. The molecule has 1 heterocycles. The van der Waals surface area contributed by atoms with E-state index in [2.05, 4.69) is 15.3 Å². The maximum absolute atomic E-state index is 13.8. The fourth-order valence-corrected chi connectivity index (χ4v) is 1.99. The van der Waals surface area contributed by atoms with Gasteiger partial charge in [0, 0.05) is 11.8 Å². The van der Waals surface area contributed by atoms with Crippen LogP contribution in [0.4, 0.5) is 15.9 Å². The molecule has 110 valence electrons. The summed E-state index contributed by atoms with van der Waals surface area (Å²) in [5.41, 5.74) is 0.546. The lowest BCUT2D eigenvalue weighted by Gasteiger charge is -2.11. The van der Waals surface area contributed by atoms with Crippen molar-refractivity contribution in [3.8, 4) is 5.75 Å². The summed E-state index contributed by atoms with van der Waals surface area (Å²) in [5, 5.41) is 2.90. The van der Waals surface area contributed by atoms with Crippen molar-refractivity contribution in [1.82, 2.24) is 9.97 Å². The van der Waals surface area contributed by atoms with E-state index in [4.69, 9.17) is 16.3 Å². The molecule has 0 aliphatic heterocycles. The summed E-state index contributed by atoms with van der Waals surface area (Å²) < 4.78 is 18.9. The molecular weight excluding hydrogens is 297 g/mol. The van der Waals surface area contributed by atoms with E-state index >= 15 is 0 Å². The fourth-order valence-electron chi connectivity index (χ4n) is 1.73. The van der Waals surface area contributed by atoms with Crippen molar-refractivity contribution in [2.75, 3.05) is 11.9 Å². The number of hydrogen-bond acceptors (Lipinski definition) is 5. The molecule has 0 saturated carbocycles. The molecule has 7 heteroatoms. The predicted octanol–water partition coefficient (Wildman–Crippen LogP) is 3.53. The Bertz CT molecular complexity index is 680. The van der Waals surface area contributed by atoms with Gasteiger partial charge >= 0.3 is 0 Å². The van der Waals surface area contributed by atoms with Crippen LogP contribution in [0.1, 0.15) is 23.1 Å². The Balaban J connectivity index is 2.34. The summed E-state index contributed by atoms with van der Waals surface area (Å²) >= 11 is 5.88. The first kappa shape index (κ1) is 15.2. The van der Waals surface area contributed by atoms with Gasteiger partial charge in [-0.25, -0.2) is 14.4 Å². The highest BCUT2D eigenvalue weighted by atomic mass is 35.5. The van der Waals surface area contributed by atoms with Crippen LogP contribution in [0.15, 0.2) is 18.2 Å². The Labute approximate surface area is 126 Å². The average molecular weight is 310 g/mol. The second-order valence-corrected chi connectivity index (χ2v) is 4.50. The number of aromatic nitrogens is 2. The summed E-state index contributed by atoms with van der Waals surface area (Å²) in [4.78, 5) is 19.0. The number of nitrogens with one attached hydrogen (secondary N) is 1. The van der Waals surface area contributed by atoms with Crippen LogP contribution in [0.2, 0.25) is 5.15 Å². The highest BCUT2D eigenvalue weighted by molar-refractivity contribution is 6.32. The average Bonchev–Trinajstić information content (AvgIpc) is 2.41. The summed E-state index contributed by atoms with van der Waals surface area (Å²) in [5.74, 6) is 0.285. The van der Waals surface area contributed by atoms with Crippen LogP contribution < -0.4 is 10.1 Å². The van der Waals surface area contributed by atoms with E-state index in [0.29, 0.717) is 24.4 Å². The Morgan fingerprint density at radius 3 is 2.81 bits per heavy atom. The number of hydrogen-bond donors (Lipinski definition) is 1. The van der Waals surface area contributed by atoms with Crippen molar-refractivity contribution >= 4 is 29.4 Å². The van der Waals surface area contributed by atoms with Gasteiger partial charge in [-0.1, -0.05) is 11.6 Å². The molecule has 2 aromatic rings. The van der Waals surface area contributed by atoms with Crippen LogP contribution in [-0.2, 0) is 0 Å². The van der Waals surface area contributed by atoms with Crippen molar-refractivity contribution in [1.29, 1.82) is 0 Å². The topological polar surface area (TPSA) is 64.1 Å². The third-order valence-corrected chi connectivity index (χ3v) is 2.91. The van der Waals surface area contributed by atoms with E-state index < -0.39 is 5.82 Å². The molecule has 0 atom stereocenters. The number of aryl methyl sites for hydroxylation is 1. The Morgan fingerprint density at radius 1 is 1.43 bits per heavy atom. The molecule has 0 unspecified atom stereocenters. The van der Waals surface area contributed by atoms with Gasteiger partial charge in [0.05, 0.1) is 12.2 Å². The second kappa shape index (κ2) is 6.49. The smallest absolute Gasteiger partial charge is 0.167 e. The van der Waals surface area contributed by atoms with Gasteiger partial charge in [0.15, 0.2) is 17.9 Å². The first-order valence-corrected chi connectivity index (χ1v) is 6.61. The molecule has 0 radical (unpaired) electrons. The molecule has 1 aromatic carbocycles. The SMILES string of the molecule is CCOc1ccc(Nc2nc(C)nc(Cl)c2C=O)cc1F. The lowest BCUT2D eigenvalue weighted by molar-refractivity contribution is 0.112. The van der Waals surface area contributed by atoms with Crippen LogP contribution in [0.5, 0.6) is 5.75 Å². The largest absolute Gasteiger partial charge is 0.491 e. The molecule has 1 aromatic heterocycles. The van der Waals surface area contributed by atoms with E-state index in [1.54, 1.807) is 19.9 Å². The Hall–Kier alpha value is -2.21. The van der Waals surface area contributed by atoms with Crippen molar-refractivity contribution in [2.24, 2.45) is 0 Å². The van der Waals surface area contributed by atoms with E-state index in [1.165, 1.54) is 12.1 Å².